The molecule has 8 nitrogen and oxygen atoms in total. The van der Waals surface area contributed by atoms with Crippen LogP contribution in [0.4, 0.5) is 16.3 Å². The zero-order chi connectivity index (χ0) is 12.0. The van der Waals surface area contributed by atoms with Gasteiger partial charge in [0.25, 0.3) is 0 Å². The summed E-state index contributed by atoms with van der Waals surface area (Å²) in [4.78, 5) is 24.1. The summed E-state index contributed by atoms with van der Waals surface area (Å²) in [7, 11) is 0. The van der Waals surface area contributed by atoms with E-state index in [2.05, 4.69) is 15.0 Å². The summed E-state index contributed by atoms with van der Waals surface area (Å²) in [5.41, 5.74) is 4.60. The summed E-state index contributed by atoms with van der Waals surface area (Å²) in [6.45, 7) is 0.212. The molecule has 0 fully saturated rings. The molecule has 0 aromatic carbocycles. The minimum atomic E-state index is -0.891. The van der Waals surface area contributed by atoms with E-state index in [0.29, 0.717) is 0 Å². The third-order valence-electron chi connectivity index (χ3n) is 1.62. The highest BCUT2D eigenvalue weighted by Crippen LogP contribution is 2.19. The number of nitrogens with one attached hydrogen (secondary N) is 1. The first kappa shape index (κ1) is 11.7. The van der Waals surface area contributed by atoms with Gasteiger partial charge >= 0.3 is 11.8 Å². The maximum atomic E-state index is 10.6. The number of ether oxygens (including phenoxy) is 1. The highest BCUT2D eigenvalue weighted by Gasteiger charge is 2.12. The van der Waals surface area contributed by atoms with E-state index in [9.17, 15) is 14.9 Å². The number of carbonyl (C=O) groups is 1. The number of hydrogen-bond donors (Lipinski definition) is 2. The van der Waals surface area contributed by atoms with Gasteiger partial charge in [0.05, 0.1) is 11.5 Å². The van der Waals surface area contributed by atoms with Gasteiger partial charge in [-0.25, -0.2) is 9.78 Å². The molecular weight excluding hydrogens is 216 g/mol. The van der Waals surface area contributed by atoms with Gasteiger partial charge in [0.1, 0.15) is 6.61 Å². The normalized spacial score (nSPS) is 9.50. The first-order valence-corrected chi connectivity index (χ1v) is 4.37. The van der Waals surface area contributed by atoms with E-state index < -0.39 is 11.0 Å². The van der Waals surface area contributed by atoms with Crippen molar-refractivity contribution in [2.45, 2.75) is 0 Å². The van der Waals surface area contributed by atoms with E-state index in [1.807, 2.05) is 0 Å². The molecular formula is C8H10N4O4. The molecule has 0 radical (unpaired) electrons. The van der Waals surface area contributed by atoms with Gasteiger partial charge in [-0.1, -0.05) is 0 Å². The highest BCUT2D eigenvalue weighted by atomic mass is 16.6. The molecule has 1 aromatic heterocycles. The molecule has 1 aromatic rings. The van der Waals surface area contributed by atoms with Crippen LogP contribution < -0.4 is 11.1 Å². The number of nitro groups is 1. The standard InChI is InChI=1S/C8H10N4O4/c9-8(13)16-5-4-11-7-6(12(14)15)2-1-3-10-7/h1-3H,4-5H2,(H2,9,13)(H,10,11). The molecule has 3 N–H and O–H groups in total. The van der Waals surface area contributed by atoms with E-state index in [4.69, 9.17) is 5.73 Å². The minimum Gasteiger partial charge on any atom is -0.448 e. The molecule has 0 saturated carbocycles. The van der Waals surface area contributed by atoms with Gasteiger partial charge in [0.2, 0.25) is 5.82 Å². The lowest BCUT2D eigenvalue weighted by Gasteiger charge is -2.05. The fraction of sp³-hybridized carbons (Fsp3) is 0.250. The summed E-state index contributed by atoms with van der Waals surface area (Å²) in [5.74, 6) is 0.126. The second-order valence-electron chi connectivity index (χ2n) is 2.72. The van der Waals surface area contributed by atoms with Crippen LogP contribution in [0.3, 0.4) is 0 Å². The second-order valence-corrected chi connectivity index (χ2v) is 2.72. The van der Waals surface area contributed by atoms with Crippen molar-refractivity contribution >= 4 is 17.6 Å². The summed E-state index contributed by atoms with van der Waals surface area (Å²) in [6.07, 6.45) is 0.530. The Morgan fingerprint density at radius 3 is 3.06 bits per heavy atom. The Morgan fingerprint density at radius 1 is 1.69 bits per heavy atom. The number of nitrogens with two attached hydrogens (primary N) is 1. The van der Waals surface area contributed by atoms with Crippen LogP contribution in [0.25, 0.3) is 0 Å². The molecule has 0 saturated heterocycles. The molecule has 16 heavy (non-hydrogen) atoms. The van der Waals surface area contributed by atoms with E-state index >= 15 is 0 Å². The highest BCUT2D eigenvalue weighted by molar-refractivity contribution is 5.64. The van der Waals surface area contributed by atoms with E-state index in [-0.39, 0.29) is 24.7 Å². The molecule has 0 aliphatic heterocycles. The lowest BCUT2D eigenvalue weighted by molar-refractivity contribution is -0.384. The Bertz CT molecular complexity index is 395. The summed E-state index contributed by atoms with van der Waals surface area (Å²) in [5, 5.41) is 13.2. The smallest absolute Gasteiger partial charge is 0.404 e. The lowest BCUT2D eigenvalue weighted by atomic mass is 10.4. The van der Waals surface area contributed by atoms with Crippen molar-refractivity contribution in [1.82, 2.24) is 4.98 Å². The summed E-state index contributed by atoms with van der Waals surface area (Å²) in [6, 6.07) is 2.79. The molecule has 0 aliphatic rings. The quantitative estimate of drug-likeness (QED) is 0.428. The van der Waals surface area contributed by atoms with Crippen molar-refractivity contribution in [2.24, 2.45) is 5.73 Å². The average molecular weight is 226 g/mol. The Labute approximate surface area is 90.6 Å². The first-order valence-electron chi connectivity index (χ1n) is 4.37. The Balaban J connectivity index is 2.53. The molecule has 0 aliphatic carbocycles. The largest absolute Gasteiger partial charge is 0.448 e. The van der Waals surface area contributed by atoms with Gasteiger partial charge in [0.15, 0.2) is 0 Å². The van der Waals surface area contributed by atoms with Crippen molar-refractivity contribution < 1.29 is 14.5 Å². The molecule has 8 heteroatoms. The Hall–Kier alpha value is -2.38. The van der Waals surface area contributed by atoms with Gasteiger partial charge in [-0.3, -0.25) is 10.1 Å². The van der Waals surface area contributed by atoms with Crippen LogP contribution >= 0.6 is 0 Å². The van der Waals surface area contributed by atoms with Crippen LogP contribution in [0.5, 0.6) is 0 Å². The topological polar surface area (TPSA) is 120 Å². The Morgan fingerprint density at radius 2 is 2.44 bits per heavy atom. The number of aromatic nitrogens is 1. The number of nitrogens with zero attached hydrogens (tertiary/aromatic N) is 2. The molecule has 0 unspecified atom stereocenters. The van der Waals surface area contributed by atoms with Crippen LogP contribution in [0, 0.1) is 10.1 Å². The van der Waals surface area contributed by atoms with E-state index in [1.54, 1.807) is 0 Å². The van der Waals surface area contributed by atoms with Gasteiger partial charge in [-0.15, -0.1) is 0 Å². The number of primary amides is 1. The van der Waals surface area contributed by atoms with E-state index in [1.165, 1.54) is 18.3 Å². The predicted molar refractivity (Wildman–Crippen MR) is 54.9 cm³/mol. The number of rotatable bonds is 5. The zero-order valence-electron chi connectivity index (χ0n) is 8.25. The SMILES string of the molecule is NC(=O)OCCNc1ncccc1[N+](=O)[O-]. The number of anilines is 1. The van der Waals surface area contributed by atoms with E-state index in [0.717, 1.165) is 0 Å². The van der Waals surface area contributed by atoms with Crippen LogP contribution in [0.2, 0.25) is 0 Å². The maximum Gasteiger partial charge on any atom is 0.404 e. The van der Waals surface area contributed by atoms with Crippen LogP contribution in [-0.2, 0) is 4.74 Å². The summed E-state index contributed by atoms with van der Waals surface area (Å²) < 4.78 is 4.44. The second kappa shape index (κ2) is 5.49. The number of carbonyl (C=O) groups excluding carboxylic acids is 1. The molecule has 86 valence electrons. The molecule has 0 bridgehead atoms. The van der Waals surface area contributed by atoms with Crippen molar-refractivity contribution in [3.05, 3.63) is 28.4 Å². The third kappa shape index (κ3) is 3.40. The average Bonchev–Trinajstić information content (AvgIpc) is 2.24. The van der Waals surface area contributed by atoms with Crippen LogP contribution in [0.1, 0.15) is 0 Å². The number of amides is 1. The molecule has 1 amide bonds. The lowest BCUT2D eigenvalue weighted by Crippen LogP contribution is -2.18. The zero-order valence-corrected chi connectivity index (χ0v) is 8.25. The van der Waals surface area contributed by atoms with Gasteiger partial charge in [-0.05, 0) is 6.07 Å². The van der Waals surface area contributed by atoms with Crippen molar-refractivity contribution in [2.75, 3.05) is 18.5 Å². The van der Waals surface area contributed by atoms with Gasteiger partial charge in [0, 0.05) is 12.3 Å². The van der Waals surface area contributed by atoms with Crippen molar-refractivity contribution in [3.8, 4) is 0 Å². The fourth-order valence-electron chi connectivity index (χ4n) is 1.00. The van der Waals surface area contributed by atoms with Crippen LogP contribution in [0.15, 0.2) is 18.3 Å². The molecule has 1 heterocycles. The Kier molecular flexibility index (Phi) is 4.01. The maximum absolute atomic E-state index is 10.6. The van der Waals surface area contributed by atoms with Crippen molar-refractivity contribution in [3.63, 3.8) is 0 Å². The predicted octanol–water partition coefficient (Wildman–Crippen LogP) is 0.497. The third-order valence-corrected chi connectivity index (χ3v) is 1.62. The summed E-state index contributed by atoms with van der Waals surface area (Å²) >= 11 is 0. The van der Waals surface area contributed by atoms with Crippen LogP contribution in [-0.4, -0.2) is 29.2 Å². The molecule has 0 spiro atoms. The molecule has 1 rings (SSSR count). The number of hydrogen-bond acceptors (Lipinski definition) is 6. The monoisotopic (exact) mass is 226 g/mol. The van der Waals surface area contributed by atoms with Crippen molar-refractivity contribution in [1.29, 1.82) is 0 Å². The molecule has 0 atom stereocenters. The van der Waals surface area contributed by atoms with Gasteiger partial charge < -0.3 is 15.8 Å². The minimum absolute atomic E-state index is 0.0169. The first-order chi connectivity index (χ1) is 7.61. The van der Waals surface area contributed by atoms with Gasteiger partial charge in [-0.2, -0.15) is 0 Å². The fourth-order valence-corrected chi connectivity index (χ4v) is 1.00. The number of pyridine rings is 1.